The lowest BCUT2D eigenvalue weighted by atomic mass is 10.1. The number of amides is 1. The lowest BCUT2D eigenvalue weighted by Crippen LogP contribution is -2.27. The van der Waals surface area contributed by atoms with Gasteiger partial charge in [0.05, 0.1) is 29.3 Å². The first kappa shape index (κ1) is 28.8. The minimum atomic E-state index is -0.402. The molecule has 0 aliphatic carbocycles. The maximum atomic E-state index is 14.6. The van der Waals surface area contributed by atoms with Crippen molar-refractivity contribution in [2.45, 2.75) is 0 Å². The molecule has 5 heterocycles. The number of pyridine rings is 3. The van der Waals surface area contributed by atoms with Crippen LogP contribution in [0.25, 0.3) is 56.0 Å². The molecule has 44 heavy (non-hydrogen) atoms. The van der Waals surface area contributed by atoms with Crippen molar-refractivity contribution in [3.05, 3.63) is 67.0 Å². The van der Waals surface area contributed by atoms with Crippen LogP contribution >= 0.6 is 0 Å². The second-order valence-corrected chi connectivity index (χ2v) is 10.9. The molecule has 1 amide bonds. The minimum absolute atomic E-state index is 0.135. The predicted octanol–water partition coefficient (Wildman–Crippen LogP) is 4.20. The molecular formula is C31H31FN10O2. The molecule has 224 valence electrons. The minimum Gasteiger partial charge on any atom is -0.492 e. The van der Waals surface area contributed by atoms with Gasteiger partial charge < -0.3 is 24.8 Å². The Kier molecular flexibility index (Phi) is 7.96. The van der Waals surface area contributed by atoms with Gasteiger partial charge in [-0.25, -0.2) is 19.3 Å². The number of H-pyrrole nitrogens is 2. The molecule has 0 fully saturated rings. The van der Waals surface area contributed by atoms with Crippen LogP contribution in [0.5, 0.6) is 5.75 Å². The van der Waals surface area contributed by atoms with Gasteiger partial charge in [0.15, 0.2) is 17.1 Å². The van der Waals surface area contributed by atoms with Crippen LogP contribution in [0.15, 0.2) is 61.2 Å². The van der Waals surface area contributed by atoms with E-state index in [4.69, 9.17) is 9.72 Å². The number of benzene rings is 1. The van der Waals surface area contributed by atoms with Crippen molar-refractivity contribution < 1.29 is 13.9 Å². The van der Waals surface area contributed by atoms with E-state index in [2.05, 4.69) is 35.5 Å². The summed E-state index contributed by atoms with van der Waals surface area (Å²) in [7, 11) is 7.57. The van der Waals surface area contributed by atoms with Gasteiger partial charge in [-0.2, -0.15) is 5.10 Å². The number of nitrogens with one attached hydrogen (secondary N) is 3. The van der Waals surface area contributed by atoms with E-state index >= 15 is 0 Å². The number of rotatable bonds is 10. The Balaban J connectivity index is 1.33. The fraction of sp³-hybridized carbons (Fsp3) is 0.226. The van der Waals surface area contributed by atoms with Gasteiger partial charge in [-0.3, -0.25) is 14.9 Å². The molecule has 0 aliphatic rings. The Morgan fingerprint density at radius 3 is 2.61 bits per heavy atom. The third kappa shape index (κ3) is 6.23. The summed E-state index contributed by atoms with van der Waals surface area (Å²) in [6.45, 7) is 1.40. The molecule has 0 spiro atoms. The molecule has 0 atom stereocenters. The number of halogens is 1. The highest BCUT2D eigenvalue weighted by Gasteiger charge is 2.18. The summed E-state index contributed by atoms with van der Waals surface area (Å²) in [6.07, 6.45) is 6.65. The number of aromatic amines is 2. The quantitative estimate of drug-likeness (QED) is 0.213. The zero-order chi connectivity index (χ0) is 30.8. The Morgan fingerprint density at radius 2 is 1.80 bits per heavy atom. The third-order valence-electron chi connectivity index (χ3n) is 6.84. The van der Waals surface area contributed by atoms with Gasteiger partial charge in [-0.15, -0.1) is 0 Å². The molecule has 3 N–H and O–H groups in total. The number of fused-ring (bicyclic) bond motifs is 2. The van der Waals surface area contributed by atoms with E-state index in [1.165, 1.54) is 12.1 Å². The highest BCUT2D eigenvalue weighted by Crippen LogP contribution is 2.33. The van der Waals surface area contributed by atoms with Gasteiger partial charge >= 0.3 is 0 Å². The fourth-order valence-corrected chi connectivity index (χ4v) is 4.81. The lowest BCUT2D eigenvalue weighted by Gasteiger charge is -2.12. The zero-order valence-electron chi connectivity index (χ0n) is 24.7. The second kappa shape index (κ2) is 12.1. The molecule has 0 saturated carbocycles. The van der Waals surface area contributed by atoms with Crippen molar-refractivity contribution in [3.8, 4) is 39.5 Å². The van der Waals surface area contributed by atoms with Crippen LogP contribution < -0.4 is 10.1 Å². The van der Waals surface area contributed by atoms with Gasteiger partial charge in [-0.05, 0) is 64.1 Å². The summed E-state index contributed by atoms with van der Waals surface area (Å²) >= 11 is 0. The van der Waals surface area contributed by atoms with Crippen LogP contribution in [0.4, 0.5) is 10.1 Å². The number of likely N-dealkylation sites (N-methyl/N-ethyl adjacent to an activating group) is 2. The van der Waals surface area contributed by atoms with E-state index in [-0.39, 0.29) is 12.5 Å². The van der Waals surface area contributed by atoms with Gasteiger partial charge in [0.1, 0.15) is 23.9 Å². The average Bonchev–Trinajstić information content (AvgIpc) is 3.60. The Bertz CT molecular complexity index is 1970. The SMILES string of the molecule is CN(C)CCOc1cc(F)cc(-c2ccnc3nc(-c4[nH]nc5ncc(-c6cncc(NC(=O)CN(C)C)c6)cc45)[nH]c23)c1. The number of aromatic nitrogens is 7. The van der Waals surface area contributed by atoms with Crippen LogP contribution in [-0.4, -0.2) is 98.7 Å². The van der Waals surface area contributed by atoms with Crippen molar-refractivity contribution >= 4 is 33.8 Å². The molecule has 1 aromatic carbocycles. The van der Waals surface area contributed by atoms with Crippen molar-refractivity contribution in [2.24, 2.45) is 0 Å². The van der Waals surface area contributed by atoms with Crippen molar-refractivity contribution in [3.63, 3.8) is 0 Å². The summed E-state index contributed by atoms with van der Waals surface area (Å²) in [5, 5.41) is 11.0. The highest BCUT2D eigenvalue weighted by atomic mass is 19.1. The molecular weight excluding hydrogens is 563 g/mol. The monoisotopic (exact) mass is 594 g/mol. The summed E-state index contributed by atoms with van der Waals surface area (Å²) in [4.78, 5) is 37.4. The molecule has 12 nitrogen and oxygen atoms in total. The number of ether oxygens (including phenoxy) is 1. The van der Waals surface area contributed by atoms with Gasteiger partial charge in [0, 0.05) is 47.9 Å². The van der Waals surface area contributed by atoms with E-state index in [0.29, 0.717) is 58.5 Å². The van der Waals surface area contributed by atoms with Crippen molar-refractivity contribution in [1.82, 2.24) is 44.9 Å². The fourth-order valence-electron chi connectivity index (χ4n) is 4.81. The molecule has 0 bridgehead atoms. The average molecular weight is 595 g/mol. The van der Waals surface area contributed by atoms with Crippen LogP contribution in [0.2, 0.25) is 0 Å². The first-order valence-electron chi connectivity index (χ1n) is 13.9. The van der Waals surface area contributed by atoms with Crippen molar-refractivity contribution in [1.29, 1.82) is 0 Å². The highest BCUT2D eigenvalue weighted by molar-refractivity contribution is 5.96. The Hall–Kier alpha value is -5.27. The maximum absolute atomic E-state index is 14.6. The number of hydrogen-bond acceptors (Lipinski definition) is 9. The standard InChI is InChI=1S/C31H31FN10O2/c1-41(2)7-8-44-23-11-18(9-21(32)13-23)24-5-6-34-30-27(24)37-31(38-30)28-25-12-20(15-35-29(25)40-39-28)19-10-22(16-33-14-19)36-26(43)17-42(3)4/h5-6,9-16H,7-8,17H2,1-4H3,(H,36,43)(H,34,37,38)(H,35,39,40). The van der Waals surface area contributed by atoms with E-state index in [1.807, 2.05) is 51.3 Å². The number of carbonyl (C=O) groups is 1. The summed E-state index contributed by atoms with van der Waals surface area (Å²) in [5.74, 6) is 0.411. The first-order valence-corrected chi connectivity index (χ1v) is 13.9. The summed E-state index contributed by atoms with van der Waals surface area (Å²) < 4.78 is 20.4. The molecule has 0 saturated heterocycles. The largest absolute Gasteiger partial charge is 0.492 e. The number of carbonyl (C=O) groups excluding carboxylic acids is 1. The van der Waals surface area contributed by atoms with E-state index in [1.54, 1.807) is 35.8 Å². The topological polar surface area (TPSA) is 141 Å². The number of imidazole rings is 1. The normalized spacial score (nSPS) is 11.6. The van der Waals surface area contributed by atoms with Crippen LogP contribution in [0.1, 0.15) is 0 Å². The molecule has 0 aliphatic heterocycles. The zero-order valence-corrected chi connectivity index (χ0v) is 24.7. The van der Waals surface area contributed by atoms with Gasteiger partial charge in [-0.1, -0.05) is 0 Å². The van der Waals surface area contributed by atoms with Crippen LogP contribution in [0.3, 0.4) is 0 Å². The van der Waals surface area contributed by atoms with Gasteiger partial charge in [0.25, 0.3) is 0 Å². The van der Waals surface area contributed by atoms with Crippen LogP contribution in [-0.2, 0) is 4.79 Å². The second-order valence-electron chi connectivity index (χ2n) is 10.9. The molecule has 13 heteroatoms. The third-order valence-corrected chi connectivity index (χ3v) is 6.84. The Labute approximate surface area is 252 Å². The van der Waals surface area contributed by atoms with E-state index < -0.39 is 5.82 Å². The molecule has 6 aromatic rings. The van der Waals surface area contributed by atoms with Crippen LogP contribution in [0, 0.1) is 5.82 Å². The number of hydrogen-bond donors (Lipinski definition) is 3. The molecule has 5 aromatic heterocycles. The summed E-state index contributed by atoms with van der Waals surface area (Å²) in [6, 6.07) is 10.2. The van der Waals surface area contributed by atoms with Crippen molar-refractivity contribution in [2.75, 3.05) is 53.2 Å². The molecule has 6 rings (SSSR count). The Morgan fingerprint density at radius 1 is 0.955 bits per heavy atom. The smallest absolute Gasteiger partial charge is 0.238 e. The maximum Gasteiger partial charge on any atom is 0.238 e. The van der Waals surface area contributed by atoms with E-state index in [9.17, 15) is 9.18 Å². The van der Waals surface area contributed by atoms with Gasteiger partial charge in [0.2, 0.25) is 5.91 Å². The van der Waals surface area contributed by atoms with E-state index in [0.717, 1.165) is 22.1 Å². The summed E-state index contributed by atoms with van der Waals surface area (Å²) in [5.41, 5.74) is 5.74. The predicted molar refractivity (Wildman–Crippen MR) is 167 cm³/mol. The molecule has 0 unspecified atom stereocenters. The number of anilines is 1. The molecule has 0 radical (unpaired) electrons. The number of nitrogens with zero attached hydrogens (tertiary/aromatic N) is 7. The lowest BCUT2D eigenvalue weighted by molar-refractivity contribution is -0.116. The first-order chi connectivity index (χ1) is 21.2.